The average Bonchev–Trinajstić information content (AvgIpc) is 2.58. The summed E-state index contributed by atoms with van der Waals surface area (Å²) in [4.78, 5) is 31.3. The molecule has 0 radical (unpaired) electrons. The zero-order chi connectivity index (χ0) is 20.3. The van der Waals surface area contributed by atoms with E-state index in [1.54, 1.807) is 31.2 Å². The van der Waals surface area contributed by atoms with Crippen LogP contribution < -0.4 is 0 Å². The van der Waals surface area contributed by atoms with Crippen LogP contribution in [0.25, 0.3) is 0 Å². The molecule has 2 rings (SSSR count). The number of aromatic carboxylic acids is 2. The van der Waals surface area contributed by atoms with Crippen molar-refractivity contribution in [2.75, 3.05) is 7.15 Å². The van der Waals surface area contributed by atoms with Gasteiger partial charge in [-0.15, -0.1) is 0 Å². The molecule has 2 N–H and O–H groups in total. The Labute approximate surface area is 154 Å². The smallest absolute Gasteiger partial charge is 0.335 e. The van der Waals surface area contributed by atoms with E-state index in [1.165, 1.54) is 12.1 Å². The van der Waals surface area contributed by atoms with Crippen molar-refractivity contribution in [3.05, 3.63) is 68.7 Å². The number of carboxylic acid groups (broad SMARTS) is 2. The first-order valence-corrected chi connectivity index (χ1v) is 7.61. The van der Waals surface area contributed by atoms with Crippen LogP contribution in [0.1, 0.15) is 43.6 Å². The maximum Gasteiger partial charge on any atom is 0.335 e. The molecule has 0 amide bonds. The Morgan fingerprint density at radius 1 is 1.04 bits per heavy atom. The number of rotatable bonds is 3. The first-order chi connectivity index (χ1) is 12.2. The summed E-state index contributed by atoms with van der Waals surface area (Å²) in [6.45, 7) is 3.67. The van der Waals surface area contributed by atoms with Crippen LogP contribution in [0, 0.1) is 13.8 Å². The minimum Gasteiger partial charge on any atom is -0.478 e. The zero-order valence-electron chi connectivity index (χ0n) is 14.6. The van der Waals surface area contributed by atoms with Crippen LogP contribution >= 0.6 is 15.9 Å². The molecule has 2 aromatic carbocycles. The van der Waals surface area contributed by atoms with Crippen molar-refractivity contribution in [1.82, 2.24) is 0 Å². The second kappa shape index (κ2) is 11.1. The van der Waals surface area contributed by atoms with Gasteiger partial charge in [-0.3, -0.25) is 9.18 Å². The minimum atomic E-state index is -1.02. The predicted octanol–water partition coefficient (Wildman–Crippen LogP) is 4.55. The van der Waals surface area contributed by atoms with E-state index in [0.29, 0.717) is 17.4 Å². The van der Waals surface area contributed by atoms with Gasteiger partial charge in [-0.05, 0) is 49.2 Å². The fraction of sp³-hybridized carbons (Fsp3) is 0.167. The number of carbonyl (C=O) groups is 3. The van der Waals surface area contributed by atoms with E-state index < -0.39 is 19.1 Å². The van der Waals surface area contributed by atoms with Crippen LogP contribution in [0.3, 0.4) is 0 Å². The van der Waals surface area contributed by atoms with Gasteiger partial charge in [0.2, 0.25) is 0 Å². The van der Waals surface area contributed by atoms with Crippen molar-refractivity contribution in [1.29, 1.82) is 0 Å². The molecule has 134 valence electrons. The molecule has 0 aliphatic carbocycles. The number of alkyl halides is 1. The molecule has 0 unspecified atom stereocenters. The van der Waals surface area contributed by atoms with Crippen LogP contribution in [0.5, 0.6) is 0 Å². The quantitative estimate of drug-likeness (QED) is 0.720. The molecule has 25 heavy (non-hydrogen) atoms. The van der Waals surface area contributed by atoms with E-state index >= 15 is 0 Å². The molecule has 0 fully saturated rings. The van der Waals surface area contributed by atoms with Crippen LogP contribution in [0.15, 0.2) is 40.9 Å². The normalized spacial score (nSPS) is 9.52. The third kappa shape index (κ3) is 7.26. The maximum absolute atomic E-state index is 10.5. The Morgan fingerprint density at radius 3 is 1.88 bits per heavy atom. The molecule has 0 saturated carbocycles. The van der Waals surface area contributed by atoms with E-state index in [4.69, 9.17) is 11.6 Å². The largest absolute Gasteiger partial charge is 0.478 e. The number of carbonyl (C=O) groups excluding carboxylic acids is 1. The third-order valence-corrected chi connectivity index (χ3v) is 3.93. The predicted molar refractivity (Wildman–Crippen MR) is 96.4 cm³/mol. The van der Waals surface area contributed by atoms with Crippen LogP contribution in [0.2, 0.25) is 0 Å². The van der Waals surface area contributed by atoms with Gasteiger partial charge in [-0.25, -0.2) is 9.59 Å². The second-order valence-electron chi connectivity index (χ2n) is 4.76. The molecule has 0 aliphatic heterocycles. The van der Waals surface area contributed by atoms with Crippen molar-refractivity contribution in [3.63, 3.8) is 0 Å². The molecule has 0 heterocycles. The minimum absolute atomic E-state index is 0.141. The Kier molecular flexibility index (Phi) is 9.10. The van der Waals surface area contributed by atoms with Gasteiger partial charge < -0.3 is 10.2 Å². The second-order valence-corrected chi connectivity index (χ2v) is 5.62. The highest BCUT2D eigenvalue weighted by molar-refractivity contribution is 9.10. The van der Waals surface area contributed by atoms with E-state index in [-0.39, 0.29) is 5.56 Å². The lowest BCUT2D eigenvalue weighted by Crippen LogP contribution is -1.98. The summed E-state index contributed by atoms with van der Waals surface area (Å²) in [7, 11) is -1.00. The number of halogens is 2. The fourth-order valence-electron chi connectivity index (χ4n) is 1.63. The van der Waals surface area contributed by atoms with Crippen molar-refractivity contribution in [2.24, 2.45) is 0 Å². The summed E-state index contributed by atoms with van der Waals surface area (Å²) in [6, 6.07) is 9.41. The fourth-order valence-corrected chi connectivity index (χ4v) is 2.01. The van der Waals surface area contributed by atoms with Gasteiger partial charge in [0, 0.05) is 10.0 Å². The van der Waals surface area contributed by atoms with Crippen LogP contribution in [-0.4, -0.2) is 35.6 Å². The summed E-state index contributed by atoms with van der Waals surface area (Å²) in [5.41, 5.74) is 2.70. The third-order valence-electron chi connectivity index (χ3n) is 3.07. The molecule has 0 aromatic heterocycles. The van der Waals surface area contributed by atoms with Gasteiger partial charge in [-0.1, -0.05) is 28.1 Å². The van der Waals surface area contributed by atoms with Gasteiger partial charge in [-0.2, -0.15) is 0 Å². The number of aldehydes is 1. The van der Waals surface area contributed by atoms with E-state index in [0.717, 1.165) is 15.6 Å². The van der Waals surface area contributed by atoms with Crippen molar-refractivity contribution < 1.29 is 30.4 Å². The SMILES string of the molecule is Cc1ccc(C(=O)O)cc1Br.Cc1ccc(C(=O)O)cc1C=O.[2H]CF. The summed E-state index contributed by atoms with van der Waals surface area (Å²) in [5.74, 6) is -1.91. The number of hydrogen-bond donors (Lipinski definition) is 2. The summed E-state index contributed by atoms with van der Waals surface area (Å²) in [5, 5.41) is 17.2. The molecule has 5 nitrogen and oxygen atoms in total. The zero-order valence-corrected chi connectivity index (χ0v) is 15.2. The van der Waals surface area contributed by atoms with E-state index in [1.807, 2.05) is 6.92 Å². The first kappa shape index (κ1) is 20.5. The van der Waals surface area contributed by atoms with Crippen LogP contribution in [-0.2, 0) is 0 Å². The summed E-state index contributed by atoms with van der Waals surface area (Å²) >= 11 is 3.25. The Bertz CT molecular complexity index is 780. The average molecular weight is 414 g/mol. The van der Waals surface area contributed by atoms with Crippen molar-refractivity contribution in [2.45, 2.75) is 13.8 Å². The molecular formula is C18H18BrFO5. The molecule has 0 bridgehead atoms. The molecule has 0 spiro atoms. The highest BCUT2D eigenvalue weighted by Gasteiger charge is 2.04. The van der Waals surface area contributed by atoms with Crippen molar-refractivity contribution in [3.8, 4) is 0 Å². The Morgan fingerprint density at radius 2 is 1.48 bits per heavy atom. The van der Waals surface area contributed by atoms with Gasteiger partial charge in [0.1, 0.15) is 6.29 Å². The maximum atomic E-state index is 10.5. The topological polar surface area (TPSA) is 91.7 Å². The number of benzene rings is 2. The highest BCUT2D eigenvalue weighted by atomic mass is 79.9. The van der Waals surface area contributed by atoms with E-state index in [9.17, 15) is 18.8 Å². The number of hydrogen-bond acceptors (Lipinski definition) is 3. The summed E-state index contributed by atoms with van der Waals surface area (Å²) in [6.07, 6.45) is 0.655. The van der Waals surface area contributed by atoms with Crippen molar-refractivity contribution >= 4 is 34.2 Å². The summed E-state index contributed by atoms with van der Waals surface area (Å²) < 4.78 is 16.3. The molecule has 2 aromatic rings. The standard InChI is InChI=1S/C9H8O3.C8H7BrO2.CH3F/c1-6-2-3-7(9(11)12)4-8(6)5-10;1-5-2-3-6(8(10)11)4-7(5)9;1-2/h2-5H,1H3,(H,11,12);2-4H,1H3,(H,10,11);1H3/i;;1D. The monoisotopic (exact) mass is 413 g/mol. The van der Waals surface area contributed by atoms with Gasteiger partial charge >= 0.3 is 11.9 Å². The van der Waals surface area contributed by atoms with Gasteiger partial charge in [0.15, 0.2) is 0 Å². The molecule has 0 saturated heterocycles. The molecule has 0 aliphatic rings. The Hall–Kier alpha value is -2.54. The Balaban J connectivity index is 0.000000419. The molecule has 0 atom stereocenters. The van der Waals surface area contributed by atoms with Gasteiger partial charge in [0.25, 0.3) is 0 Å². The highest BCUT2D eigenvalue weighted by Crippen LogP contribution is 2.17. The number of aryl methyl sites for hydroxylation is 2. The molecular weight excluding hydrogens is 395 g/mol. The molecule has 7 heteroatoms. The van der Waals surface area contributed by atoms with Crippen LogP contribution in [0.4, 0.5) is 4.39 Å². The lowest BCUT2D eigenvalue weighted by Gasteiger charge is -1.98. The first-order valence-electron chi connectivity index (χ1n) is 7.52. The van der Waals surface area contributed by atoms with E-state index in [2.05, 4.69) is 15.9 Å². The van der Waals surface area contributed by atoms with Gasteiger partial charge in [0.05, 0.1) is 19.7 Å². The number of carboxylic acids is 2. The lowest BCUT2D eigenvalue weighted by atomic mass is 10.1. The lowest BCUT2D eigenvalue weighted by molar-refractivity contribution is 0.0686.